The molecule has 0 aromatic carbocycles. The highest BCUT2D eigenvalue weighted by Crippen LogP contribution is 2.17. The predicted molar refractivity (Wildman–Crippen MR) is 74.6 cm³/mol. The van der Waals surface area contributed by atoms with Gasteiger partial charge in [0.1, 0.15) is 5.75 Å². The Balaban J connectivity index is 0.00000289. The molecule has 1 rings (SSSR count). The van der Waals surface area contributed by atoms with Gasteiger partial charge in [-0.3, -0.25) is 4.79 Å². The highest BCUT2D eigenvalue weighted by atomic mass is 35.5. The average molecular weight is 299 g/mol. The normalized spacial score (nSPS) is 20.7. The van der Waals surface area contributed by atoms with Crippen molar-refractivity contribution < 1.29 is 13.2 Å². The van der Waals surface area contributed by atoms with Crippen molar-refractivity contribution in [2.45, 2.75) is 44.4 Å². The summed E-state index contributed by atoms with van der Waals surface area (Å²) in [6.45, 7) is 4.24. The molecule has 0 aromatic rings. The second kappa shape index (κ2) is 7.31. The Bertz CT molecular complexity index is 370. The minimum Gasteiger partial charge on any atom is -0.338 e. The Morgan fingerprint density at radius 3 is 2.50 bits per heavy atom. The lowest BCUT2D eigenvalue weighted by Crippen LogP contribution is -2.49. The molecule has 0 aliphatic carbocycles. The highest BCUT2D eigenvalue weighted by Gasteiger charge is 2.29. The van der Waals surface area contributed by atoms with E-state index >= 15 is 0 Å². The third-order valence-electron chi connectivity index (χ3n) is 3.26. The van der Waals surface area contributed by atoms with Gasteiger partial charge in [0.2, 0.25) is 5.91 Å². The van der Waals surface area contributed by atoms with Crippen molar-refractivity contribution >= 4 is 28.2 Å². The number of hydrogen-bond donors (Lipinski definition) is 1. The summed E-state index contributed by atoms with van der Waals surface area (Å²) in [5.74, 6) is -0.685. The maximum absolute atomic E-state index is 12.0. The average Bonchev–Trinajstić information content (AvgIpc) is 2.28. The summed E-state index contributed by atoms with van der Waals surface area (Å²) in [5, 5.41) is -0.507. The van der Waals surface area contributed by atoms with Crippen LogP contribution in [0.2, 0.25) is 0 Å². The maximum Gasteiger partial charge on any atom is 0.238 e. The molecule has 1 unspecified atom stereocenters. The van der Waals surface area contributed by atoms with Crippen molar-refractivity contribution in [3.05, 3.63) is 0 Å². The van der Waals surface area contributed by atoms with Gasteiger partial charge in [-0.1, -0.05) is 0 Å². The van der Waals surface area contributed by atoms with E-state index in [1.54, 1.807) is 18.7 Å². The van der Waals surface area contributed by atoms with Crippen LogP contribution < -0.4 is 5.73 Å². The van der Waals surface area contributed by atoms with Crippen LogP contribution in [0, 0.1) is 0 Å². The van der Waals surface area contributed by atoms with E-state index in [0.717, 1.165) is 19.3 Å². The molecule has 1 saturated heterocycles. The van der Waals surface area contributed by atoms with Gasteiger partial charge in [-0.25, -0.2) is 8.42 Å². The molecule has 1 atom stereocenters. The Morgan fingerprint density at radius 2 is 2.00 bits per heavy atom. The number of hydrogen-bond acceptors (Lipinski definition) is 4. The summed E-state index contributed by atoms with van der Waals surface area (Å²) >= 11 is 0. The van der Waals surface area contributed by atoms with E-state index in [-0.39, 0.29) is 30.1 Å². The van der Waals surface area contributed by atoms with E-state index in [2.05, 4.69) is 0 Å². The molecule has 0 spiro atoms. The molecule has 0 bridgehead atoms. The van der Waals surface area contributed by atoms with Crippen molar-refractivity contribution in [3.63, 3.8) is 0 Å². The zero-order valence-electron chi connectivity index (χ0n) is 11.0. The first-order chi connectivity index (χ1) is 7.88. The Labute approximate surface area is 115 Å². The summed E-state index contributed by atoms with van der Waals surface area (Å²) < 4.78 is 23.4. The smallest absolute Gasteiger partial charge is 0.238 e. The zero-order chi connectivity index (χ0) is 13.1. The van der Waals surface area contributed by atoms with Crippen LogP contribution in [0.4, 0.5) is 0 Å². The van der Waals surface area contributed by atoms with Crippen LogP contribution in [0.3, 0.4) is 0 Å². The first kappa shape index (κ1) is 17.7. The lowest BCUT2D eigenvalue weighted by Gasteiger charge is -2.35. The fourth-order valence-electron chi connectivity index (χ4n) is 2.00. The number of sulfone groups is 1. The minimum atomic E-state index is -3.31. The molecular weight excluding hydrogens is 276 g/mol. The molecule has 1 heterocycles. The van der Waals surface area contributed by atoms with Crippen molar-refractivity contribution in [1.82, 2.24) is 4.90 Å². The third-order valence-corrected chi connectivity index (χ3v) is 5.35. The van der Waals surface area contributed by atoms with Gasteiger partial charge in [0.25, 0.3) is 0 Å². The molecule has 2 N–H and O–H groups in total. The molecule has 1 aliphatic rings. The number of nitrogens with two attached hydrogens (primary N) is 1. The van der Waals surface area contributed by atoms with E-state index < -0.39 is 15.1 Å². The zero-order valence-corrected chi connectivity index (χ0v) is 12.6. The molecule has 0 radical (unpaired) electrons. The molecule has 5 nitrogen and oxygen atoms in total. The molecule has 1 aliphatic heterocycles. The van der Waals surface area contributed by atoms with Crippen molar-refractivity contribution in [1.29, 1.82) is 0 Å². The first-order valence-electron chi connectivity index (χ1n) is 6.09. The number of rotatable bonds is 4. The molecule has 1 fully saturated rings. The number of carbonyl (C=O) groups excluding carboxylic acids is 1. The molecule has 0 saturated carbocycles. The summed E-state index contributed by atoms with van der Waals surface area (Å²) in [6.07, 6.45) is 2.87. The molecule has 1 amide bonds. The van der Waals surface area contributed by atoms with Crippen LogP contribution in [0.25, 0.3) is 0 Å². The SMILES string of the molecule is CC(C)S(=O)(=O)CC(=O)N1CCCCC1CN.Cl. The number of carbonyl (C=O) groups is 1. The summed E-state index contributed by atoms with van der Waals surface area (Å²) in [4.78, 5) is 13.6. The molecule has 0 aromatic heterocycles. The van der Waals surface area contributed by atoms with E-state index in [0.29, 0.717) is 13.1 Å². The fraction of sp³-hybridized carbons (Fsp3) is 0.909. The summed E-state index contributed by atoms with van der Waals surface area (Å²) in [7, 11) is -3.31. The van der Waals surface area contributed by atoms with Gasteiger partial charge < -0.3 is 10.6 Å². The van der Waals surface area contributed by atoms with Crippen LogP contribution in [0.5, 0.6) is 0 Å². The Hall–Kier alpha value is -0.330. The second-order valence-electron chi connectivity index (χ2n) is 4.83. The fourth-order valence-corrected chi connectivity index (χ4v) is 2.84. The quantitative estimate of drug-likeness (QED) is 0.823. The van der Waals surface area contributed by atoms with Gasteiger partial charge in [-0.15, -0.1) is 12.4 Å². The van der Waals surface area contributed by atoms with Gasteiger partial charge in [0.05, 0.1) is 5.25 Å². The largest absolute Gasteiger partial charge is 0.338 e. The van der Waals surface area contributed by atoms with Crippen LogP contribution in [-0.4, -0.2) is 49.4 Å². The van der Waals surface area contributed by atoms with Crippen molar-refractivity contribution in [2.24, 2.45) is 5.73 Å². The van der Waals surface area contributed by atoms with Crippen molar-refractivity contribution in [3.8, 4) is 0 Å². The lowest BCUT2D eigenvalue weighted by molar-refractivity contribution is -0.131. The number of amides is 1. The maximum atomic E-state index is 12.0. The van der Waals surface area contributed by atoms with Crippen LogP contribution in [0.1, 0.15) is 33.1 Å². The second-order valence-corrected chi connectivity index (χ2v) is 7.39. The number of likely N-dealkylation sites (tertiary alicyclic amines) is 1. The highest BCUT2D eigenvalue weighted by molar-refractivity contribution is 7.92. The van der Waals surface area contributed by atoms with Gasteiger partial charge in [0.15, 0.2) is 9.84 Å². The molecule has 108 valence electrons. The molecule has 7 heteroatoms. The van der Waals surface area contributed by atoms with Gasteiger partial charge in [0, 0.05) is 19.1 Å². The van der Waals surface area contributed by atoms with Crippen LogP contribution in [0.15, 0.2) is 0 Å². The first-order valence-corrected chi connectivity index (χ1v) is 7.81. The monoisotopic (exact) mass is 298 g/mol. The van der Waals surface area contributed by atoms with Crippen LogP contribution in [-0.2, 0) is 14.6 Å². The summed E-state index contributed by atoms with van der Waals surface area (Å²) in [5.41, 5.74) is 5.61. The van der Waals surface area contributed by atoms with Crippen molar-refractivity contribution in [2.75, 3.05) is 18.8 Å². The van der Waals surface area contributed by atoms with Crippen LogP contribution >= 0.6 is 12.4 Å². The Kier molecular flexibility index (Phi) is 7.17. The van der Waals surface area contributed by atoms with E-state index in [9.17, 15) is 13.2 Å². The van der Waals surface area contributed by atoms with E-state index in [4.69, 9.17) is 5.73 Å². The number of halogens is 1. The third kappa shape index (κ3) is 4.40. The van der Waals surface area contributed by atoms with Gasteiger partial charge in [-0.2, -0.15) is 0 Å². The number of piperidine rings is 1. The Morgan fingerprint density at radius 1 is 1.39 bits per heavy atom. The lowest BCUT2D eigenvalue weighted by atomic mass is 10.0. The number of nitrogens with zero attached hydrogens (tertiary/aromatic N) is 1. The van der Waals surface area contributed by atoms with Gasteiger partial charge in [-0.05, 0) is 33.1 Å². The topological polar surface area (TPSA) is 80.5 Å². The van der Waals surface area contributed by atoms with Gasteiger partial charge >= 0.3 is 0 Å². The van der Waals surface area contributed by atoms with E-state index in [1.807, 2.05) is 0 Å². The minimum absolute atomic E-state index is 0. The molecular formula is C11H23ClN2O3S. The van der Waals surface area contributed by atoms with E-state index in [1.165, 1.54) is 0 Å². The summed E-state index contributed by atoms with van der Waals surface area (Å²) in [6, 6.07) is 0.0126. The predicted octanol–water partition coefficient (Wildman–Crippen LogP) is 0.571. The standard InChI is InChI=1S/C11H22N2O3S.ClH/c1-9(2)17(15,16)8-11(14)13-6-4-3-5-10(13)7-12;/h9-10H,3-8,12H2,1-2H3;1H. The molecule has 18 heavy (non-hydrogen) atoms.